The Balaban J connectivity index is 1.89. The lowest BCUT2D eigenvalue weighted by Crippen LogP contribution is -2.33. The lowest BCUT2D eigenvalue weighted by molar-refractivity contribution is -0.154. The number of esters is 1. The van der Waals surface area contributed by atoms with Crippen molar-refractivity contribution in [3.05, 3.63) is 35.2 Å². The van der Waals surface area contributed by atoms with Crippen LogP contribution in [0.2, 0.25) is 5.02 Å². The summed E-state index contributed by atoms with van der Waals surface area (Å²) in [4.78, 5) is 22.4. The molecular weight excluding hydrogens is 310 g/mol. The van der Waals surface area contributed by atoms with Gasteiger partial charge in [-0.05, 0) is 19.1 Å². The van der Waals surface area contributed by atoms with E-state index in [0.29, 0.717) is 28.8 Å². The van der Waals surface area contributed by atoms with Crippen LogP contribution >= 0.6 is 11.6 Å². The second-order valence-electron chi connectivity index (χ2n) is 4.21. The summed E-state index contributed by atoms with van der Waals surface area (Å²) in [6, 6.07) is 7.10. The Morgan fingerprint density at radius 2 is 2.09 bits per heavy atom. The number of hydrogen-bond acceptors (Lipinski definition) is 6. The Labute approximate surface area is 131 Å². The maximum atomic E-state index is 11.3. The number of nitrogens with one attached hydrogen (secondary N) is 1. The number of carbonyl (C=O) groups is 2. The fourth-order valence-electron chi connectivity index (χ4n) is 1.65. The summed E-state index contributed by atoms with van der Waals surface area (Å²) in [5.74, 6) is -1.08. The molecule has 1 amide bonds. The quantitative estimate of drug-likeness (QED) is 0.663. The highest BCUT2D eigenvalue weighted by Crippen LogP contribution is 2.26. The third-order valence-electron chi connectivity index (χ3n) is 2.66. The zero-order chi connectivity index (χ0) is 15.9. The number of carbonyl (C=O) groups excluding carboxylic acids is 2. The van der Waals surface area contributed by atoms with E-state index in [4.69, 9.17) is 16.0 Å². The van der Waals surface area contributed by atoms with Gasteiger partial charge in [-0.15, -0.1) is 10.2 Å². The van der Waals surface area contributed by atoms with Gasteiger partial charge in [0.15, 0.2) is 0 Å². The van der Waals surface area contributed by atoms with E-state index >= 15 is 0 Å². The molecule has 116 valence electrons. The summed E-state index contributed by atoms with van der Waals surface area (Å²) in [7, 11) is 0. The number of halogens is 1. The van der Waals surface area contributed by atoms with Gasteiger partial charge in [0.25, 0.3) is 0 Å². The normalized spacial score (nSPS) is 10.3. The third kappa shape index (κ3) is 4.05. The molecule has 0 radical (unpaired) electrons. The van der Waals surface area contributed by atoms with E-state index in [-0.39, 0.29) is 13.2 Å². The number of nitrogens with zero attached hydrogens (tertiary/aromatic N) is 2. The Morgan fingerprint density at radius 1 is 1.32 bits per heavy atom. The van der Waals surface area contributed by atoms with Crippen molar-refractivity contribution in [2.75, 3.05) is 13.2 Å². The number of ether oxygens (including phenoxy) is 1. The minimum atomic E-state index is -0.912. The molecule has 0 saturated carbocycles. The molecule has 0 aliphatic rings. The van der Waals surface area contributed by atoms with Gasteiger partial charge in [-0.2, -0.15) is 0 Å². The smallest absolute Gasteiger partial charge is 0.396 e. The predicted octanol–water partition coefficient (Wildman–Crippen LogP) is 1.61. The van der Waals surface area contributed by atoms with Crippen molar-refractivity contribution >= 4 is 23.5 Å². The minimum absolute atomic E-state index is 0.150. The van der Waals surface area contributed by atoms with E-state index in [1.54, 1.807) is 25.1 Å². The van der Waals surface area contributed by atoms with Gasteiger partial charge in [-0.3, -0.25) is 4.79 Å². The molecule has 0 aliphatic carbocycles. The maximum Gasteiger partial charge on any atom is 0.396 e. The van der Waals surface area contributed by atoms with Crippen LogP contribution in [0.15, 0.2) is 28.7 Å². The van der Waals surface area contributed by atoms with E-state index in [0.717, 1.165) is 0 Å². The fraction of sp³-hybridized carbons (Fsp3) is 0.286. The predicted molar refractivity (Wildman–Crippen MR) is 78.1 cm³/mol. The fourth-order valence-corrected chi connectivity index (χ4v) is 1.87. The van der Waals surface area contributed by atoms with Gasteiger partial charge in [0.1, 0.15) is 0 Å². The van der Waals surface area contributed by atoms with Crippen LogP contribution in [0.3, 0.4) is 0 Å². The Bertz CT molecular complexity index is 672. The number of hydrogen-bond donors (Lipinski definition) is 1. The van der Waals surface area contributed by atoms with Crippen LogP contribution in [-0.4, -0.2) is 35.2 Å². The van der Waals surface area contributed by atoms with E-state index in [2.05, 4.69) is 20.3 Å². The second kappa shape index (κ2) is 7.56. The molecule has 1 heterocycles. The first-order valence-electron chi connectivity index (χ1n) is 6.64. The lowest BCUT2D eigenvalue weighted by Gasteiger charge is -2.02. The summed E-state index contributed by atoms with van der Waals surface area (Å²) in [6.45, 7) is 1.96. The van der Waals surface area contributed by atoms with Crippen LogP contribution in [0.1, 0.15) is 12.8 Å². The lowest BCUT2D eigenvalue weighted by atomic mass is 10.2. The van der Waals surface area contributed by atoms with Gasteiger partial charge in [0.2, 0.25) is 11.8 Å². The molecule has 0 fully saturated rings. The summed E-state index contributed by atoms with van der Waals surface area (Å²) in [5, 5.41) is 10.7. The van der Waals surface area contributed by atoms with E-state index in [9.17, 15) is 9.59 Å². The highest BCUT2D eigenvalue weighted by atomic mass is 35.5. The first-order chi connectivity index (χ1) is 10.6. The number of amides is 1. The molecule has 2 aromatic rings. The average Bonchev–Trinajstić information content (AvgIpc) is 2.96. The van der Waals surface area contributed by atoms with Crippen LogP contribution in [0.5, 0.6) is 0 Å². The van der Waals surface area contributed by atoms with Crippen LogP contribution < -0.4 is 5.32 Å². The monoisotopic (exact) mass is 323 g/mol. The van der Waals surface area contributed by atoms with Crippen LogP contribution in [0, 0.1) is 0 Å². The van der Waals surface area contributed by atoms with Crippen LogP contribution in [0.25, 0.3) is 11.5 Å². The van der Waals surface area contributed by atoms with Gasteiger partial charge in [0.05, 0.1) is 17.2 Å². The molecule has 1 N–H and O–H groups in total. The highest BCUT2D eigenvalue weighted by Gasteiger charge is 2.15. The van der Waals surface area contributed by atoms with Crippen molar-refractivity contribution < 1.29 is 18.7 Å². The molecule has 2 rings (SSSR count). The van der Waals surface area contributed by atoms with Crippen molar-refractivity contribution in [1.29, 1.82) is 0 Å². The molecule has 0 saturated heterocycles. The Morgan fingerprint density at radius 3 is 2.82 bits per heavy atom. The minimum Gasteiger partial charge on any atom is -0.459 e. The van der Waals surface area contributed by atoms with E-state index < -0.39 is 11.9 Å². The van der Waals surface area contributed by atoms with Gasteiger partial charge >= 0.3 is 11.9 Å². The molecule has 0 unspecified atom stereocenters. The molecule has 0 aliphatic heterocycles. The topological polar surface area (TPSA) is 94.3 Å². The van der Waals surface area contributed by atoms with Gasteiger partial charge < -0.3 is 14.5 Å². The van der Waals surface area contributed by atoms with Crippen LogP contribution in [0.4, 0.5) is 0 Å². The standard InChI is InChI=1S/C14H14ClN3O4/c1-2-21-14(20)12(19)16-8-7-11-17-18-13(22-11)9-5-3-4-6-10(9)15/h3-6H,2,7-8H2,1H3,(H,16,19). The summed E-state index contributed by atoms with van der Waals surface area (Å²) >= 11 is 6.04. The van der Waals surface area contributed by atoms with Crippen molar-refractivity contribution in [3.8, 4) is 11.5 Å². The molecule has 0 atom stereocenters. The molecular formula is C14H14ClN3O4. The van der Waals surface area contributed by atoms with Crippen molar-refractivity contribution in [2.45, 2.75) is 13.3 Å². The first-order valence-corrected chi connectivity index (χ1v) is 7.02. The summed E-state index contributed by atoms with van der Waals surface area (Å²) in [6.07, 6.45) is 0.294. The largest absolute Gasteiger partial charge is 0.459 e. The number of rotatable bonds is 5. The molecule has 22 heavy (non-hydrogen) atoms. The van der Waals surface area contributed by atoms with Gasteiger partial charge in [-0.25, -0.2) is 4.79 Å². The third-order valence-corrected chi connectivity index (χ3v) is 2.99. The molecule has 1 aromatic heterocycles. The van der Waals surface area contributed by atoms with E-state index in [1.165, 1.54) is 0 Å². The SMILES string of the molecule is CCOC(=O)C(=O)NCCc1nnc(-c2ccccc2Cl)o1. The zero-order valence-corrected chi connectivity index (χ0v) is 12.6. The zero-order valence-electron chi connectivity index (χ0n) is 11.8. The summed E-state index contributed by atoms with van der Waals surface area (Å²) < 4.78 is 10.0. The second-order valence-corrected chi connectivity index (χ2v) is 4.61. The van der Waals surface area contributed by atoms with Crippen molar-refractivity contribution in [1.82, 2.24) is 15.5 Å². The highest BCUT2D eigenvalue weighted by molar-refractivity contribution is 6.33. The first kappa shape index (κ1) is 16.0. The maximum absolute atomic E-state index is 11.3. The molecule has 0 spiro atoms. The van der Waals surface area contributed by atoms with Crippen LogP contribution in [-0.2, 0) is 20.7 Å². The number of benzene rings is 1. The molecule has 8 heteroatoms. The Hall–Kier alpha value is -2.41. The molecule has 1 aromatic carbocycles. The molecule has 0 bridgehead atoms. The number of aromatic nitrogens is 2. The Kier molecular flexibility index (Phi) is 5.48. The van der Waals surface area contributed by atoms with E-state index in [1.807, 2.05) is 6.07 Å². The van der Waals surface area contributed by atoms with Gasteiger partial charge in [-0.1, -0.05) is 23.7 Å². The molecule has 7 nitrogen and oxygen atoms in total. The summed E-state index contributed by atoms with van der Waals surface area (Å²) in [5.41, 5.74) is 0.637. The average molecular weight is 324 g/mol. The van der Waals surface area contributed by atoms with Crippen molar-refractivity contribution in [2.24, 2.45) is 0 Å². The van der Waals surface area contributed by atoms with Gasteiger partial charge in [0, 0.05) is 13.0 Å². The van der Waals surface area contributed by atoms with Crippen molar-refractivity contribution in [3.63, 3.8) is 0 Å².